The molecule has 0 aliphatic heterocycles. The monoisotopic (exact) mass is 395 g/mol. The van der Waals surface area contributed by atoms with E-state index in [1.165, 1.54) is 11.3 Å². The number of carbonyl (C=O) groups excluding carboxylic acids is 1. The molecule has 2 aromatic heterocycles. The zero-order valence-corrected chi connectivity index (χ0v) is 15.7. The summed E-state index contributed by atoms with van der Waals surface area (Å²) in [4.78, 5) is 13.3. The van der Waals surface area contributed by atoms with E-state index in [0.717, 1.165) is 28.5 Å². The normalized spacial score (nSPS) is 13.8. The van der Waals surface area contributed by atoms with Crippen LogP contribution in [0, 0.1) is 0 Å². The molecule has 0 atom stereocenters. The standard InChI is InChI=1S/C19H14ClN5OS/c20-16-14-6-1-2-7-15(14)27-17(16)19(26)21-12-5-3-4-11(10-12)18-22-23-24-25(18)13-8-9-13/h1-7,10,13H,8-9H2,(H,21,26). The summed E-state index contributed by atoms with van der Waals surface area (Å²) in [5.41, 5.74) is 1.54. The molecule has 0 saturated heterocycles. The van der Waals surface area contributed by atoms with Crippen molar-refractivity contribution in [1.29, 1.82) is 0 Å². The Morgan fingerprint density at radius 3 is 2.85 bits per heavy atom. The van der Waals surface area contributed by atoms with E-state index in [4.69, 9.17) is 11.6 Å². The molecule has 8 heteroatoms. The van der Waals surface area contributed by atoms with Gasteiger partial charge >= 0.3 is 0 Å². The highest BCUT2D eigenvalue weighted by molar-refractivity contribution is 7.21. The minimum absolute atomic E-state index is 0.222. The van der Waals surface area contributed by atoms with Crippen molar-refractivity contribution in [3.05, 3.63) is 58.4 Å². The average molecular weight is 396 g/mol. The van der Waals surface area contributed by atoms with Crippen LogP contribution in [0.2, 0.25) is 5.02 Å². The summed E-state index contributed by atoms with van der Waals surface area (Å²) in [6, 6.07) is 15.6. The third-order valence-electron chi connectivity index (χ3n) is 4.51. The molecule has 4 aromatic rings. The molecule has 0 radical (unpaired) electrons. The Morgan fingerprint density at radius 2 is 2.04 bits per heavy atom. The fourth-order valence-electron chi connectivity index (χ4n) is 3.03. The number of hydrogen-bond donors (Lipinski definition) is 1. The average Bonchev–Trinajstić information content (AvgIpc) is 3.31. The second-order valence-corrected chi connectivity index (χ2v) is 7.88. The predicted molar refractivity (Wildman–Crippen MR) is 106 cm³/mol. The Bertz CT molecular complexity index is 1160. The maximum absolute atomic E-state index is 12.8. The number of fused-ring (bicyclic) bond motifs is 1. The van der Waals surface area contributed by atoms with E-state index in [2.05, 4.69) is 20.8 Å². The Morgan fingerprint density at radius 1 is 1.19 bits per heavy atom. The summed E-state index contributed by atoms with van der Waals surface area (Å²) in [6.45, 7) is 0. The van der Waals surface area contributed by atoms with E-state index < -0.39 is 0 Å². The van der Waals surface area contributed by atoms with Crippen molar-refractivity contribution in [3.63, 3.8) is 0 Å². The van der Waals surface area contributed by atoms with Crippen LogP contribution in [0.15, 0.2) is 48.5 Å². The lowest BCUT2D eigenvalue weighted by atomic mass is 10.2. The highest BCUT2D eigenvalue weighted by Crippen LogP contribution is 2.37. The van der Waals surface area contributed by atoms with Gasteiger partial charge in [-0.3, -0.25) is 4.79 Å². The van der Waals surface area contributed by atoms with Crippen LogP contribution in [0.4, 0.5) is 5.69 Å². The molecule has 27 heavy (non-hydrogen) atoms. The third kappa shape index (κ3) is 2.98. The van der Waals surface area contributed by atoms with Gasteiger partial charge in [-0.1, -0.05) is 41.9 Å². The minimum Gasteiger partial charge on any atom is -0.321 e. The number of anilines is 1. The van der Waals surface area contributed by atoms with Gasteiger partial charge in [0.05, 0.1) is 11.1 Å². The molecular formula is C19H14ClN5OS. The molecular weight excluding hydrogens is 382 g/mol. The van der Waals surface area contributed by atoms with Crippen LogP contribution < -0.4 is 5.32 Å². The summed E-state index contributed by atoms with van der Waals surface area (Å²) >= 11 is 7.80. The topological polar surface area (TPSA) is 72.7 Å². The zero-order chi connectivity index (χ0) is 18.4. The molecule has 2 aromatic carbocycles. The van der Waals surface area contributed by atoms with Gasteiger partial charge in [-0.05, 0) is 41.5 Å². The SMILES string of the molecule is O=C(Nc1cccc(-c2nnnn2C2CC2)c1)c1sc2ccccc2c1Cl. The van der Waals surface area contributed by atoms with E-state index >= 15 is 0 Å². The van der Waals surface area contributed by atoms with Crippen molar-refractivity contribution in [2.24, 2.45) is 0 Å². The molecule has 1 fully saturated rings. The second kappa shape index (κ2) is 6.44. The number of amides is 1. The number of aromatic nitrogens is 4. The largest absolute Gasteiger partial charge is 0.321 e. The first-order chi connectivity index (χ1) is 13.2. The van der Waals surface area contributed by atoms with E-state index in [0.29, 0.717) is 27.5 Å². The van der Waals surface area contributed by atoms with Gasteiger partial charge in [0.2, 0.25) is 0 Å². The first-order valence-electron chi connectivity index (χ1n) is 8.57. The molecule has 1 N–H and O–H groups in total. The van der Waals surface area contributed by atoms with Crippen molar-refractivity contribution in [2.45, 2.75) is 18.9 Å². The number of rotatable bonds is 4. The van der Waals surface area contributed by atoms with Crippen molar-refractivity contribution in [3.8, 4) is 11.4 Å². The molecule has 0 bridgehead atoms. The van der Waals surface area contributed by atoms with Crippen molar-refractivity contribution in [2.75, 3.05) is 5.32 Å². The van der Waals surface area contributed by atoms with Crippen LogP contribution in [0.1, 0.15) is 28.6 Å². The van der Waals surface area contributed by atoms with Gasteiger partial charge < -0.3 is 5.32 Å². The summed E-state index contributed by atoms with van der Waals surface area (Å²) in [7, 11) is 0. The van der Waals surface area contributed by atoms with Gasteiger partial charge in [0.25, 0.3) is 5.91 Å². The summed E-state index contributed by atoms with van der Waals surface area (Å²) in [6.07, 6.45) is 2.19. The molecule has 1 amide bonds. The van der Waals surface area contributed by atoms with E-state index in [1.807, 2.05) is 53.2 Å². The first kappa shape index (κ1) is 16.4. The van der Waals surface area contributed by atoms with Gasteiger partial charge in [0.15, 0.2) is 5.82 Å². The van der Waals surface area contributed by atoms with Gasteiger partial charge in [0, 0.05) is 21.3 Å². The van der Waals surface area contributed by atoms with Crippen LogP contribution in [0.5, 0.6) is 0 Å². The molecule has 5 rings (SSSR count). The van der Waals surface area contributed by atoms with Crippen LogP contribution in [0.25, 0.3) is 21.5 Å². The summed E-state index contributed by atoms with van der Waals surface area (Å²) in [5.74, 6) is 0.494. The highest BCUT2D eigenvalue weighted by atomic mass is 35.5. The van der Waals surface area contributed by atoms with Crippen LogP contribution in [-0.2, 0) is 0 Å². The molecule has 2 heterocycles. The molecule has 0 unspecified atom stereocenters. The van der Waals surface area contributed by atoms with Crippen LogP contribution in [0.3, 0.4) is 0 Å². The number of hydrogen-bond acceptors (Lipinski definition) is 5. The fraction of sp³-hybridized carbons (Fsp3) is 0.158. The number of nitrogens with one attached hydrogen (secondary N) is 1. The molecule has 1 aliphatic rings. The van der Waals surface area contributed by atoms with Gasteiger partial charge in [-0.25, -0.2) is 4.68 Å². The number of benzene rings is 2. The lowest BCUT2D eigenvalue weighted by Gasteiger charge is -2.07. The Balaban J connectivity index is 1.44. The fourth-order valence-corrected chi connectivity index (χ4v) is 4.44. The lowest BCUT2D eigenvalue weighted by molar-refractivity contribution is 0.103. The number of carbonyl (C=O) groups is 1. The Hall–Kier alpha value is -2.77. The van der Waals surface area contributed by atoms with Gasteiger partial charge in [-0.15, -0.1) is 16.4 Å². The van der Waals surface area contributed by atoms with Gasteiger partial charge in [-0.2, -0.15) is 0 Å². The molecule has 134 valence electrons. The van der Waals surface area contributed by atoms with Crippen LogP contribution >= 0.6 is 22.9 Å². The Labute approximate surface area is 163 Å². The number of thiophene rings is 1. The van der Waals surface area contributed by atoms with Gasteiger partial charge in [0.1, 0.15) is 4.88 Å². The molecule has 1 aliphatic carbocycles. The van der Waals surface area contributed by atoms with E-state index in [-0.39, 0.29) is 5.91 Å². The predicted octanol–water partition coefficient (Wildman–Crippen LogP) is 4.80. The zero-order valence-electron chi connectivity index (χ0n) is 14.1. The number of tetrazole rings is 1. The summed E-state index contributed by atoms with van der Waals surface area (Å²) < 4.78 is 2.84. The minimum atomic E-state index is -0.222. The quantitative estimate of drug-likeness (QED) is 0.539. The Kier molecular flexibility index (Phi) is 3.91. The van der Waals surface area contributed by atoms with Crippen LogP contribution in [-0.4, -0.2) is 26.1 Å². The number of halogens is 1. The van der Waals surface area contributed by atoms with E-state index in [1.54, 1.807) is 0 Å². The molecule has 0 spiro atoms. The maximum atomic E-state index is 12.8. The smallest absolute Gasteiger partial charge is 0.267 e. The second-order valence-electron chi connectivity index (χ2n) is 6.45. The van der Waals surface area contributed by atoms with Crippen molar-refractivity contribution in [1.82, 2.24) is 20.2 Å². The van der Waals surface area contributed by atoms with Crippen molar-refractivity contribution >= 4 is 44.6 Å². The highest BCUT2D eigenvalue weighted by Gasteiger charge is 2.28. The summed E-state index contributed by atoms with van der Waals surface area (Å²) in [5, 5.41) is 16.3. The van der Waals surface area contributed by atoms with Crippen molar-refractivity contribution < 1.29 is 4.79 Å². The third-order valence-corrected chi connectivity index (χ3v) is 6.18. The van der Waals surface area contributed by atoms with E-state index in [9.17, 15) is 4.79 Å². The maximum Gasteiger partial charge on any atom is 0.267 e. The number of nitrogens with zero attached hydrogens (tertiary/aromatic N) is 4. The molecule has 1 saturated carbocycles. The lowest BCUT2D eigenvalue weighted by Crippen LogP contribution is -2.10. The first-order valence-corrected chi connectivity index (χ1v) is 9.77. The molecule has 6 nitrogen and oxygen atoms in total.